The van der Waals surface area contributed by atoms with Crippen molar-refractivity contribution in [2.75, 3.05) is 7.05 Å². The molecule has 2 heterocycles. The van der Waals surface area contributed by atoms with Crippen molar-refractivity contribution >= 4 is 16.9 Å². The molecule has 0 radical (unpaired) electrons. The number of hydrogen-bond donors (Lipinski definition) is 1. The van der Waals surface area contributed by atoms with Gasteiger partial charge in [0.25, 0.3) is 11.5 Å². The van der Waals surface area contributed by atoms with E-state index in [1.165, 1.54) is 4.57 Å². The smallest absolute Gasteiger partial charge is 0.329 e. The maximum absolute atomic E-state index is 13.2. The van der Waals surface area contributed by atoms with E-state index in [1.54, 1.807) is 24.9 Å². The Labute approximate surface area is 162 Å². The van der Waals surface area contributed by atoms with Gasteiger partial charge in [-0.2, -0.15) is 0 Å². The Morgan fingerprint density at radius 2 is 1.89 bits per heavy atom. The number of H-pyrrole nitrogens is 1. The van der Waals surface area contributed by atoms with Crippen molar-refractivity contribution in [1.82, 2.24) is 19.4 Å². The average molecular weight is 380 g/mol. The van der Waals surface area contributed by atoms with E-state index in [0.29, 0.717) is 18.8 Å². The third kappa shape index (κ3) is 3.60. The zero-order valence-electron chi connectivity index (χ0n) is 16.5. The van der Waals surface area contributed by atoms with Gasteiger partial charge < -0.3 is 4.90 Å². The Balaban J connectivity index is 2.20. The Bertz CT molecular complexity index is 1130. The Morgan fingerprint density at radius 1 is 1.21 bits per heavy atom. The number of aryl methyl sites for hydroxylation is 1. The fourth-order valence-electron chi connectivity index (χ4n) is 3.19. The van der Waals surface area contributed by atoms with Crippen LogP contribution in [0.1, 0.15) is 48.3 Å². The molecule has 1 N–H and O–H groups in total. The fourth-order valence-corrected chi connectivity index (χ4v) is 3.19. The van der Waals surface area contributed by atoms with Crippen LogP contribution in [0.15, 0.2) is 46.0 Å². The lowest BCUT2D eigenvalue weighted by atomic mass is 10.0. The largest absolute Gasteiger partial charge is 0.337 e. The van der Waals surface area contributed by atoms with Crippen molar-refractivity contribution in [2.24, 2.45) is 0 Å². The van der Waals surface area contributed by atoms with Gasteiger partial charge in [-0.3, -0.25) is 19.1 Å². The molecule has 0 aliphatic rings. The lowest BCUT2D eigenvalue weighted by Crippen LogP contribution is -2.33. The van der Waals surface area contributed by atoms with E-state index < -0.39 is 11.2 Å². The number of aromatic amines is 1. The number of carbonyl (C=O) groups excluding carboxylic acids is 1. The molecule has 7 nitrogen and oxygen atoms in total. The predicted octanol–water partition coefficient (Wildman–Crippen LogP) is 2.50. The summed E-state index contributed by atoms with van der Waals surface area (Å²) < 4.78 is 1.39. The van der Waals surface area contributed by atoms with Gasteiger partial charge in [-0.15, -0.1) is 0 Å². The maximum atomic E-state index is 13.2. The molecule has 1 aromatic carbocycles. The number of aromatic nitrogens is 3. The number of nitrogens with zero attached hydrogens (tertiary/aromatic N) is 3. The standard InChI is InChI=1S/C21H24N4O3/c1-5-25-18-17(19(26)23-21(25)28)15(11-16(22-18)13(2)3)20(27)24(4)12-14-9-7-6-8-10-14/h6-11,13H,5,12H2,1-4H3,(H,23,26,28). The number of rotatable bonds is 5. The SMILES string of the molecule is CCn1c(=O)[nH]c(=O)c2c(C(=O)N(C)Cc3ccccc3)cc(C(C)C)nc21. The van der Waals surface area contributed by atoms with Crippen LogP contribution in [-0.4, -0.2) is 32.4 Å². The zero-order chi connectivity index (χ0) is 20.4. The number of amides is 1. The third-order valence-corrected chi connectivity index (χ3v) is 4.72. The van der Waals surface area contributed by atoms with Crippen LogP contribution in [0.5, 0.6) is 0 Å². The van der Waals surface area contributed by atoms with Gasteiger partial charge >= 0.3 is 5.69 Å². The van der Waals surface area contributed by atoms with E-state index in [4.69, 9.17) is 0 Å². The van der Waals surface area contributed by atoms with E-state index in [0.717, 1.165) is 5.56 Å². The molecule has 0 aliphatic carbocycles. The highest BCUT2D eigenvalue weighted by molar-refractivity contribution is 6.05. The zero-order valence-corrected chi connectivity index (χ0v) is 16.5. The summed E-state index contributed by atoms with van der Waals surface area (Å²) in [6.07, 6.45) is 0. The molecule has 3 rings (SSSR count). The monoisotopic (exact) mass is 380 g/mol. The lowest BCUT2D eigenvalue weighted by molar-refractivity contribution is 0.0786. The lowest BCUT2D eigenvalue weighted by Gasteiger charge is -2.20. The van der Waals surface area contributed by atoms with Crippen LogP contribution in [0, 0.1) is 0 Å². The second-order valence-electron chi connectivity index (χ2n) is 7.10. The molecule has 0 atom stereocenters. The van der Waals surface area contributed by atoms with Gasteiger partial charge in [-0.25, -0.2) is 9.78 Å². The topological polar surface area (TPSA) is 88.1 Å². The molecular formula is C21H24N4O3. The highest BCUT2D eigenvalue weighted by Crippen LogP contribution is 2.21. The second kappa shape index (κ2) is 7.80. The molecule has 0 aliphatic heterocycles. The van der Waals surface area contributed by atoms with Crippen LogP contribution in [-0.2, 0) is 13.1 Å². The van der Waals surface area contributed by atoms with Gasteiger partial charge in [0.2, 0.25) is 0 Å². The Morgan fingerprint density at radius 3 is 2.50 bits per heavy atom. The van der Waals surface area contributed by atoms with Crippen molar-refractivity contribution in [3.8, 4) is 0 Å². The van der Waals surface area contributed by atoms with Crippen molar-refractivity contribution in [3.05, 3.63) is 74.1 Å². The highest BCUT2D eigenvalue weighted by Gasteiger charge is 2.22. The minimum Gasteiger partial charge on any atom is -0.337 e. The van der Waals surface area contributed by atoms with E-state index in [-0.39, 0.29) is 28.4 Å². The quantitative estimate of drug-likeness (QED) is 0.737. The van der Waals surface area contributed by atoms with E-state index in [2.05, 4.69) is 9.97 Å². The van der Waals surface area contributed by atoms with Crippen molar-refractivity contribution < 1.29 is 4.79 Å². The van der Waals surface area contributed by atoms with E-state index in [9.17, 15) is 14.4 Å². The van der Waals surface area contributed by atoms with Crippen molar-refractivity contribution in [2.45, 2.75) is 39.8 Å². The molecular weight excluding hydrogens is 356 g/mol. The summed E-state index contributed by atoms with van der Waals surface area (Å²) in [7, 11) is 1.70. The average Bonchev–Trinajstić information content (AvgIpc) is 2.67. The number of hydrogen-bond acceptors (Lipinski definition) is 4. The van der Waals surface area contributed by atoms with Crippen LogP contribution in [0.25, 0.3) is 11.0 Å². The summed E-state index contributed by atoms with van der Waals surface area (Å²) in [4.78, 5) is 46.4. The van der Waals surface area contributed by atoms with Gasteiger partial charge in [0.05, 0.1) is 10.9 Å². The first kappa shape index (κ1) is 19.5. The minimum absolute atomic E-state index is 0.0371. The summed E-state index contributed by atoms with van der Waals surface area (Å²) in [6.45, 7) is 6.46. The summed E-state index contributed by atoms with van der Waals surface area (Å²) in [6, 6.07) is 11.3. The predicted molar refractivity (Wildman–Crippen MR) is 109 cm³/mol. The summed E-state index contributed by atoms with van der Waals surface area (Å²) in [5, 5.41) is 0.149. The number of nitrogens with one attached hydrogen (secondary N) is 1. The summed E-state index contributed by atoms with van der Waals surface area (Å²) in [5.74, 6) is -0.250. The van der Waals surface area contributed by atoms with Crippen LogP contribution >= 0.6 is 0 Å². The fraction of sp³-hybridized carbons (Fsp3) is 0.333. The molecule has 7 heteroatoms. The maximum Gasteiger partial charge on any atom is 0.329 e. The van der Waals surface area contributed by atoms with Crippen LogP contribution < -0.4 is 11.2 Å². The van der Waals surface area contributed by atoms with Crippen molar-refractivity contribution in [1.29, 1.82) is 0 Å². The molecule has 28 heavy (non-hydrogen) atoms. The van der Waals surface area contributed by atoms with Gasteiger partial charge in [0.1, 0.15) is 0 Å². The van der Waals surface area contributed by atoms with E-state index in [1.807, 2.05) is 44.2 Å². The first-order valence-corrected chi connectivity index (χ1v) is 9.30. The van der Waals surface area contributed by atoms with Crippen LogP contribution in [0.4, 0.5) is 0 Å². The van der Waals surface area contributed by atoms with Crippen LogP contribution in [0.2, 0.25) is 0 Å². The summed E-state index contributed by atoms with van der Waals surface area (Å²) in [5.41, 5.74) is 1.04. The molecule has 1 amide bonds. The minimum atomic E-state index is -0.594. The Hall–Kier alpha value is -3.22. The molecule has 0 saturated heterocycles. The van der Waals surface area contributed by atoms with Gasteiger partial charge in [-0.1, -0.05) is 44.2 Å². The first-order valence-electron chi connectivity index (χ1n) is 9.30. The second-order valence-corrected chi connectivity index (χ2v) is 7.10. The molecule has 0 spiro atoms. The number of pyridine rings is 1. The first-order chi connectivity index (χ1) is 13.3. The Kier molecular flexibility index (Phi) is 5.44. The molecule has 0 saturated carbocycles. The third-order valence-electron chi connectivity index (χ3n) is 4.72. The highest BCUT2D eigenvalue weighted by atomic mass is 16.2. The summed E-state index contributed by atoms with van der Waals surface area (Å²) >= 11 is 0. The molecule has 2 aromatic heterocycles. The van der Waals surface area contributed by atoms with Gasteiger partial charge in [0, 0.05) is 25.8 Å². The van der Waals surface area contributed by atoms with Crippen LogP contribution in [0.3, 0.4) is 0 Å². The number of benzene rings is 1. The molecule has 3 aromatic rings. The number of fused-ring (bicyclic) bond motifs is 1. The van der Waals surface area contributed by atoms with Gasteiger partial charge in [-0.05, 0) is 24.5 Å². The van der Waals surface area contributed by atoms with Crippen molar-refractivity contribution in [3.63, 3.8) is 0 Å². The molecule has 0 fully saturated rings. The van der Waals surface area contributed by atoms with E-state index >= 15 is 0 Å². The molecule has 0 unspecified atom stereocenters. The normalized spacial score (nSPS) is 11.2. The molecule has 0 bridgehead atoms. The number of carbonyl (C=O) groups is 1. The van der Waals surface area contributed by atoms with Gasteiger partial charge in [0.15, 0.2) is 5.65 Å². The molecule has 146 valence electrons.